The monoisotopic (exact) mass is 242 g/mol. The van der Waals surface area contributed by atoms with E-state index >= 15 is 0 Å². The lowest BCUT2D eigenvalue weighted by molar-refractivity contribution is -0.140. The van der Waals surface area contributed by atoms with Gasteiger partial charge in [-0.25, -0.2) is 0 Å². The summed E-state index contributed by atoms with van der Waals surface area (Å²) in [5.41, 5.74) is 0. The number of nitrogens with zero attached hydrogens (tertiary/aromatic N) is 2. The Morgan fingerprint density at radius 3 is 2.59 bits per heavy atom. The topological polar surface area (TPSA) is 60.9 Å². The van der Waals surface area contributed by atoms with Gasteiger partial charge in [0.1, 0.15) is 0 Å². The third-order valence-corrected chi connectivity index (χ3v) is 3.29. The molecular weight excluding hydrogens is 220 g/mol. The highest BCUT2D eigenvalue weighted by Crippen LogP contribution is 2.16. The van der Waals surface area contributed by atoms with Crippen LogP contribution in [0.15, 0.2) is 0 Å². The number of hydrogen-bond donors (Lipinski definition) is 1. The van der Waals surface area contributed by atoms with E-state index in [-0.39, 0.29) is 19.0 Å². The summed E-state index contributed by atoms with van der Waals surface area (Å²) in [6.07, 6.45) is 3.29. The fourth-order valence-electron chi connectivity index (χ4n) is 2.22. The van der Waals surface area contributed by atoms with Crippen LogP contribution in [0, 0.1) is 0 Å². The van der Waals surface area contributed by atoms with Gasteiger partial charge in [-0.1, -0.05) is 6.92 Å². The molecule has 1 rings (SSSR count). The van der Waals surface area contributed by atoms with Crippen molar-refractivity contribution >= 4 is 11.9 Å². The SMILES string of the molecule is CCN(CC(=O)O)CC(=O)N1CCCCC1C. The van der Waals surface area contributed by atoms with E-state index in [2.05, 4.69) is 6.92 Å². The molecule has 0 aromatic heterocycles. The number of carbonyl (C=O) groups is 2. The fraction of sp³-hybridized carbons (Fsp3) is 0.833. The number of likely N-dealkylation sites (tertiary alicyclic amines) is 1. The van der Waals surface area contributed by atoms with Crippen molar-refractivity contribution in [3.05, 3.63) is 0 Å². The molecule has 0 bridgehead atoms. The minimum atomic E-state index is -0.883. The lowest BCUT2D eigenvalue weighted by atomic mass is 10.0. The maximum Gasteiger partial charge on any atom is 0.317 e. The van der Waals surface area contributed by atoms with Crippen LogP contribution < -0.4 is 0 Å². The molecule has 0 aliphatic carbocycles. The van der Waals surface area contributed by atoms with Crippen molar-refractivity contribution in [1.29, 1.82) is 0 Å². The van der Waals surface area contributed by atoms with Crippen LogP contribution in [0.4, 0.5) is 0 Å². The van der Waals surface area contributed by atoms with Crippen LogP contribution in [-0.4, -0.2) is 59.0 Å². The molecule has 1 saturated heterocycles. The van der Waals surface area contributed by atoms with Crippen LogP contribution in [0.5, 0.6) is 0 Å². The molecule has 1 unspecified atom stereocenters. The molecule has 1 N–H and O–H groups in total. The zero-order valence-electron chi connectivity index (χ0n) is 10.7. The molecule has 1 heterocycles. The van der Waals surface area contributed by atoms with E-state index < -0.39 is 5.97 Å². The third-order valence-electron chi connectivity index (χ3n) is 3.29. The minimum absolute atomic E-state index is 0.0558. The highest BCUT2D eigenvalue weighted by Gasteiger charge is 2.24. The zero-order chi connectivity index (χ0) is 12.8. The van der Waals surface area contributed by atoms with Gasteiger partial charge in [-0.2, -0.15) is 0 Å². The number of rotatable bonds is 5. The molecule has 1 amide bonds. The summed E-state index contributed by atoms with van der Waals surface area (Å²) in [6, 6.07) is 0.291. The number of amides is 1. The van der Waals surface area contributed by atoms with Crippen molar-refractivity contribution in [2.45, 2.75) is 39.2 Å². The van der Waals surface area contributed by atoms with Gasteiger partial charge in [-0.15, -0.1) is 0 Å². The van der Waals surface area contributed by atoms with E-state index in [4.69, 9.17) is 5.11 Å². The minimum Gasteiger partial charge on any atom is -0.480 e. The zero-order valence-corrected chi connectivity index (χ0v) is 10.7. The number of carbonyl (C=O) groups excluding carboxylic acids is 1. The molecular formula is C12H22N2O3. The summed E-state index contributed by atoms with van der Waals surface area (Å²) in [7, 11) is 0. The van der Waals surface area contributed by atoms with Crippen LogP contribution in [-0.2, 0) is 9.59 Å². The summed E-state index contributed by atoms with van der Waals surface area (Å²) in [4.78, 5) is 26.2. The summed E-state index contributed by atoms with van der Waals surface area (Å²) >= 11 is 0. The van der Waals surface area contributed by atoms with Gasteiger partial charge < -0.3 is 10.0 Å². The number of likely N-dealkylation sites (N-methyl/N-ethyl adjacent to an activating group) is 1. The Bertz CT molecular complexity index is 281. The first-order valence-corrected chi connectivity index (χ1v) is 6.28. The molecule has 0 saturated carbocycles. The Morgan fingerprint density at radius 2 is 2.06 bits per heavy atom. The average molecular weight is 242 g/mol. The molecule has 1 fully saturated rings. The average Bonchev–Trinajstić information content (AvgIpc) is 2.27. The highest BCUT2D eigenvalue weighted by atomic mass is 16.4. The van der Waals surface area contributed by atoms with Crippen molar-refractivity contribution < 1.29 is 14.7 Å². The van der Waals surface area contributed by atoms with Crippen LogP contribution in [0.25, 0.3) is 0 Å². The van der Waals surface area contributed by atoms with Crippen molar-refractivity contribution in [1.82, 2.24) is 9.80 Å². The lowest BCUT2D eigenvalue weighted by Crippen LogP contribution is -2.47. The van der Waals surface area contributed by atoms with E-state index in [0.29, 0.717) is 12.6 Å². The van der Waals surface area contributed by atoms with E-state index in [9.17, 15) is 9.59 Å². The van der Waals surface area contributed by atoms with E-state index in [1.54, 1.807) is 4.90 Å². The summed E-state index contributed by atoms with van der Waals surface area (Å²) in [6.45, 7) is 5.48. The second-order valence-corrected chi connectivity index (χ2v) is 4.63. The van der Waals surface area contributed by atoms with E-state index in [0.717, 1.165) is 19.4 Å². The lowest BCUT2D eigenvalue weighted by Gasteiger charge is -2.34. The van der Waals surface area contributed by atoms with Gasteiger partial charge in [0.05, 0.1) is 13.1 Å². The van der Waals surface area contributed by atoms with Gasteiger partial charge in [-0.05, 0) is 32.7 Å². The predicted molar refractivity (Wildman–Crippen MR) is 64.8 cm³/mol. The van der Waals surface area contributed by atoms with Gasteiger partial charge in [-0.3, -0.25) is 14.5 Å². The highest BCUT2D eigenvalue weighted by molar-refractivity contribution is 5.79. The molecule has 5 heteroatoms. The van der Waals surface area contributed by atoms with E-state index in [1.165, 1.54) is 6.42 Å². The Labute approximate surface area is 102 Å². The number of aliphatic carboxylic acids is 1. The maximum absolute atomic E-state index is 12.1. The molecule has 1 aliphatic heterocycles. The number of carboxylic acids is 1. The first-order chi connectivity index (χ1) is 8.04. The number of piperidine rings is 1. The fourth-order valence-corrected chi connectivity index (χ4v) is 2.22. The normalized spacial score (nSPS) is 20.6. The quantitative estimate of drug-likeness (QED) is 0.774. The van der Waals surface area contributed by atoms with Crippen LogP contribution in [0.1, 0.15) is 33.1 Å². The van der Waals surface area contributed by atoms with Crippen molar-refractivity contribution in [3.63, 3.8) is 0 Å². The summed E-state index contributed by atoms with van der Waals surface area (Å²) < 4.78 is 0. The molecule has 0 aromatic carbocycles. The van der Waals surface area contributed by atoms with Crippen molar-refractivity contribution in [2.24, 2.45) is 0 Å². The van der Waals surface area contributed by atoms with Crippen LogP contribution >= 0.6 is 0 Å². The largest absolute Gasteiger partial charge is 0.480 e. The first-order valence-electron chi connectivity index (χ1n) is 6.28. The first kappa shape index (κ1) is 14.0. The van der Waals surface area contributed by atoms with Gasteiger partial charge in [0.2, 0.25) is 5.91 Å². The Balaban J connectivity index is 2.48. The molecule has 5 nitrogen and oxygen atoms in total. The van der Waals surface area contributed by atoms with Crippen molar-refractivity contribution in [2.75, 3.05) is 26.2 Å². The third kappa shape index (κ3) is 4.34. The van der Waals surface area contributed by atoms with Gasteiger partial charge in [0.25, 0.3) is 0 Å². The standard InChI is InChI=1S/C12H22N2O3/c1-3-13(9-12(16)17)8-11(15)14-7-5-4-6-10(14)2/h10H,3-9H2,1-2H3,(H,16,17). The predicted octanol–water partition coefficient (Wildman–Crippen LogP) is 0.794. The van der Waals surface area contributed by atoms with Gasteiger partial charge in [0, 0.05) is 12.6 Å². The van der Waals surface area contributed by atoms with Crippen molar-refractivity contribution in [3.8, 4) is 0 Å². The summed E-state index contributed by atoms with van der Waals surface area (Å²) in [5.74, 6) is -0.827. The Kier molecular flexibility index (Phi) is 5.41. The van der Waals surface area contributed by atoms with Crippen LogP contribution in [0.3, 0.4) is 0 Å². The van der Waals surface area contributed by atoms with Gasteiger partial charge >= 0.3 is 5.97 Å². The Morgan fingerprint density at radius 1 is 1.35 bits per heavy atom. The number of hydrogen-bond acceptors (Lipinski definition) is 3. The molecule has 17 heavy (non-hydrogen) atoms. The second-order valence-electron chi connectivity index (χ2n) is 4.63. The molecule has 0 aromatic rings. The summed E-state index contributed by atoms with van der Waals surface area (Å²) in [5, 5.41) is 8.72. The second kappa shape index (κ2) is 6.59. The van der Waals surface area contributed by atoms with Crippen LogP contribution in [0.2, 0.25) is 0 Å². The Hall–Kier alpha value is -1.10. The molecule has 1 aliphatic rings. The van der Waals surface area contributed by atoms with E-state index in [1.807, 2.05) is 11.8 Å². The number of carboxylic acid groups (broad SMARTS) is 1. The molecule has 0 radical (unpaired) electrons. The smallest absolute Gasteiger partial charge is 0.317 e. The molecule has 98 valence electrons. The molecule has 0 spiro atoms. The maximum atomic E-state index is 12.1. The molecule has 1 atom stereocenters. The van der Waals surface area contributed by atoms with Gasteiger partial charge in [0.15, 0.2) is 0 Å².